The summed E-state index contributed by atoms with van der Waals surface area (Å²) in [6.45, 7) is 5.58. The van der Waals surface area contributed by atoms with Crippen molar-refractivity contribution in [3.63, 3.8) is 0 Å². The van der Waals surface area contributed by atoms with Crippen LogP contribution >= 0.6 is 0 Å². The molecule has 0 aliphatic carbocycles. The molecular formula is C21H28N4O3S. The van der Waals surface area contributed by atoms with Gasteiger partial charge in [0.15, 0.2) is 0 Å². The highest BCUT2D eigenvalue weighted by atomic mass is 32.2. The van der Waals surface area contributed by atoms with E-state index in [9.17, 15) is 13.2 Å². The Bertz CT molecular complexity index is 924. The Balaban J connectivity index is 1.70. The lowest BCUT2D eigenvalue weighted by Crippen LogP contribution is -2.45. The molecule has 0 saturated carbocycles. The number of anilines is 3. The molecule has 1 aliphatic rings. The fourth-order valence-electron chi connectivity index (χ4n) is 3.45. The quantitative estimate of drug-likeness (QED) is 0.782. The van der Waals surface area contributed by atoms with Crippen LogP contribution < -0.4 is 14.5 Å². The number of carbonyl (C=O) groups is 1. The van der Waals surface area contributed by atoms with E-state index >= 15 is 0 Å². The summed E-state index contributed by atoms with van der Waals surface area (Å²) in [4.78, 5) is 17.4. The normalized spacial score (nSPS) is 16.3. The van der Waals surface area contributed by atoms with Gasteiger partial charge in [0.05, 0.1) is 11.9 Å². The molecule has 1 amide bonds. The number of rotatable bonds is 6. The number of likely N-dealkylation sites (N-methyl/N-ethyl adjacent to an activating group) is 1. The topological polar surface area (TPSA) is 73.0 Å². The summed E-state index contributed by atoms with van der Waals surface area (Å²) in [5, 5.41) is 2.83. The number of hydrogen-bond donors (Lipinski definition) is 1. The zero-order valence-corrected chi connectivity index (χ0v) is 17.9. The minimum absolute atomic E-state index is 0.383. The van der Waals surface area contributed by atoms with Crippen LogP contribution in [0.25, 0.3) is 0 Å². The maximum atomic E-state index is 12.8. The SMILES string of the molecule is C[C@@H](C(=O)Nc1ccc(N2CCN(C)CC2)cc1)N(c1ccccc1)S(C)(=O)=O. The Morgan fingerprint density at radius 1 is 1.00 bits per heavy atom. The van der Waals surface area contributed by atoms with Crippen LogP contribution in [0.1, 0.15) is 6.92 Å². The predicted molar refractivity (Wildman–Crippen MR) is 118 cm³/mol. The molecule has 7 nitrogen and oxygen atoms in total. The van der Waals surface area contributed by atoms with Crippen LogP contribution in [0.5, 0.6) is 0 Å². The van der Waals surface area contributed by atoms with Gasteiger partial charge in [-0.15, -0.1) is 0 Å². The fraction of sp³-hybridized carbons (Fsp3) is 0.381. The summed E-state index contributed by atoms with van der Waals surface area (Å²) in [6, 6.07) is 15.4. The van der Waals surface area contributed by atoms with Crippen LogP contribution in [-0.4, -0.2) is 64.7 Å². The van der Waals surface area contributed by atoms with Crippen LogP contribution in [0.15, 0.2) is 54.6 Å². The van der Waals surface area contributed by atoms with Crippen molar-refractivity contribution in [2.45, 2.75) is 13.0 Å². The highest BCUT2D eigenvalue weighted by molar-refractivity contribution is 7.92. The number of carbonyl (C=O) groups excluding carboxylic acids is 1. The average molecular weight is 417 g/mol. The van der Waals surface area contributed by atoms with Gasteiger partial charge in [-0.1, -0.05) is 18.2 Å². The molecule has 3 rings (SSSR count). The zero-order valence-electron chi connectivity index (χ0n) is 17.1. The monoisotopic (exact) mass is 416 g/mol. The van der Waals surface area contributed by atoms with Crippen molar-refractivity contribution in [1.82, 2.24) is 4.90 Å². The zero-order chi connectivity index (χ0) is 21.0. The second-order valence-electron chi connectivity index (χ2n) is 7.40. The molecule has 29 heavy (non-hydrogen) atoms. The first-order chi connectivity index (χ1) is 13.8. The van der Waals surface area contributed by atoms with Gasteiger partial charge in [0.25, 0.3) is 0 Å². The van der Waals surface area contributed by atoms with Crippen LogP contribution in [0.3, 0.4) is 0 Å². The molecular weight excluding hydrogens is 388 g/mol. The van der Waals surface area contributed by atoms with Crippen molar-refractivity contribution in [2.75, 3.05) is 54.0 Å². The molecule has 0 spiro atoms. The summed E-state index contributed by atoms with van der Waals surface area (Å²) in [5.74, 6) is -0.383. The number of nitrogens with one attached hydrogen (secondary N) is 1. The Kier molecular flexibility index (Phi) is 6.44. The van der Waals surface area contributed by atoms with Crippen molar-refractivity contribution < 1.29 is 13.2 Å². The summed E-state index contributed by atoms with van der Waals surface area (Å²) in [7, 11) is -1.50. The molecule has 0 unspecified atom stereocenters. The van der Waals surface area contributed by atoms with Gasteiger partial charge in [0.1, 0.15) is 6.04 Å². The first-order valence-corrected chi connectivity index (χ1v) is 11.5. The first-order valence-electron chi connectivity index (χ1n) is 9.64. The van der Waals surface area contributed by atoms with Gasteiger partial charge in [-0.2, -0.15) is 0 Å². The third-order valence-electron chi connectivity index (χ3n) is 5.10. The van der Waals surface area contributed by atoms with E-state index < -0.39 is 16.1 Å². The van der Waals surface area contributed by atoms with Gasteiger partial charge >= 0.3 is 0 Å². The Morgan fingerprint density at radius 3 is 2.14 bits per heavy atom. The molecule has 0 radical (unpaired) electrons. The maximum absolute atomic E-state index is 12.8. The summed E-state index contributed by atoms with van der Waals surface area (Å²) in [6.07, 6.45) is 1.11. The molecule has 1 N–H and O–H groups in total. The van der Waals surface area contributed by atoms with Gasteiger partial charge in [-0.3, -0.25) is 9.10 Å². The summed E-state index contributed by atoms with van der Waals surface area (Å²) >= 11 is 0. The van der Waals surface area contributed by atoms with Crippen molar-refractivity contribution in [3.05, 3.63) is 54.6 Å². The Labute approximate surface area is 173 Å². The van der Waals surface area contributed by atoms with E-state index in [4.69, 9.17) is 0 Å². The van der Waals surface area contributed by atoms with E-state index in [0.29, 0.717) is 11.4 Å². The minimum atomic E-state index is -3.62. The summed E-state index contributed by atoms with van der Waals surface area (Å²) in [5.41, 5.74) is 2.22. The largest absolute Gasteiger partial charge is 0.369 e. The second kappa shape index (κ2) is 8.84. The highest BCUT2D eigenvalue weighted by Gasteiger charge is 2.29. The molecule has 1 heterocycles. The summed E-state index contributed by atoms with van der Waals surface area (Å²) < 4.78 is 25.8. The minimum Gasteiger partial charge on any atom is -0.369 e. The molecule has 1 aliphatic heterocycles. The maximum Gasteiger partial charge on any atom is 0.247 e. The van der Waals surface area contributed by atoms with Gasteiger partial charge in [-0.05, 0) is 50.4 Å². The van der Waals surface area contributed by atoms with Gasteiger partial charge in [-0.25, -0.2) is 8.42 Å². The number of benzene rings is 2. The van der Waals surface area contributed by atoms with E-state index in [1.807, 2.05) is 24.3 Å². The number of nitrogens with zero attached hydrogens (tertiary/aromatic N) is 3. The van der Waals surface area contributed by atoms with Crippen LogP contribution in [0, 0.1) is 0 Å². The number of para-hydroxylation sites is 1. The van der Waals surface area contributed by atoms with E-state index in [0.717, 1.165) is 42.4 Å². The lowest BCUT2D eigenvalue weighted by atomic mass is 10.2. The average Bonchev–Trinajstić information content (AvgIpc) is 2.69. The predicted octanol–water partition coefficient (Wildman–Crippen LogP) is 2.23. The molecule has 156 valence electrons. The third kappa shape index (κ3) is 5.27. The third-order valence-corrected chi connectivity index (χ3v) is 6.34. The van der Waals surface area contributed by atoms with E-state index in [1.165, 1.54) is 0 Å². The molecule has 0 bridgehead atoms. The van der Waals surface area contributed by atoms with E-state index in [-0.39, 0.29) is 5.91 Å². The fourth-order valence-corrected chi connectivity index (χ4v) is 4.63. The molecule has 8 heteroatoms. The number of sulfonamides is 1. The van der Waals surface area contributed by atoms with E-state index in [2.05, 4.69) is 22.2 Å². The number of amides is 1. The lowest BCUT2D eigenvalue weighted by molar-refractivity contribution is -0.116. The van der Waals surface area contributed by atoms with Crippen molar-refractivity contribution >= 4 is 33.0 Å². The Hall–Kier alpha value is -2.58. The van der Waals surface area contributed by atoms with Crippen molar-refractivity contribution in [2.24, 2.45) is 0 Å². The van der Waals surface area contributed by atoms with E-state index in [1.54, 1.807) is 37.3 Å². The van der Waals surface area contributed by atoms with Gasteiger partial charge < -0.3 is 15.1 Å². The highest BCUT2D eigenvalue weighted by Crippen LogP contribution is 2.22. The number of piperazine rings is 1. The number of hydrogen-bond acceptors (Lipinski definition) is 5. The standard InChI is InChI=1S/C21H28N4O3S/c1-17(25(29(3,27)28)20-7-5-4-6-8-20)21(26)22-18-9-11-19(12-10-18)24-15-13-23(2)14-16-24/h4-12,17H,13-16H2,1-3H3,(H,22,26)/t17-/m0/s1. The molecule has 1 atom stereocenters. The molecule has 2 aromatic carbocycles. The van der Waals surface area contributed by atoms with Crippen molar-refractivity contribution in [3.8, 4) is 0 Å². The molecule has 0 aromatic heterocycles. The van der Waals surface area contributed by atoms with Crippen LogP contribution in [-0.2, 0) is 14.8 Å². The van der Waals surface area contributed by atoms with Crippen LogP contribution in [0.2, 0.25) is 0 Å². The first kappa shape index (κ1) is 21.1. The lowest BCUT2D eigenvalue weighted by Gasteiger charge is -2.34. The van der Waals surface area contributed by atoms with Gasteiger partial charge in [0, 0.05) is 37.6 Å². The molecule has 1 saturated heterocycles. The Morgan fingerprint density at radius 2 is 1.59 bits per heavy atom. The van der Waals surface area contributed by atoms with Gasteiger partial charge in [0.2, 0.25) is 15.9 Å². The van der Waals surface area contributed by atoms with Crippen LogP contribution in [0.4, 0.5) is 17.1 Å². The second-order valence-corrected chi connectivity index (χ2v) is 9.26. The van der Waals surface area contributed by atoms with Crippen molar-refractivity contribution in [1.29, 1.82) is 0 Å². The smallest absolute Gasteiger partial charge is 0.247 e. The molecule has 1 fully saturated rings. The molecule has 2 aromatic rings.